The van der Waals surface area contributed by atoms with Crippen LogP contribution in [0.1, 0.15) is 10.4 Å². The van der Waals surface area contributed by atoms with Gasteiger partial charge in [-0.25, -0.2) is 30.0 Å². The molecule has 0 heterocycles. The first-order chi connectivity index (χ1) is 28.0. The highest BCUT2D eigenvalue weighted by atomic mass is 32.3. The minimum absolute atomic E-state index is 0.0414. The third kappa shape index (κ3) is 12.9. The molecule has 0 spiro atoms. The topological polar surface area (TPSA) is 398 Å². The first kappa shape index (κ1) is 46.5. The lowest BCUT2D eigenvalue weighted by molar-refractivity contribution is 0.0696. The number of anilines is 1. The van der Waals surface area contributed by atoms with Gasteiger partial charge in [0.2, 0.25) is 0 Å². The smallest absolute Gasteiger partial charge is 0.397 e. The van der Waals surface area contributed by atoms with Gasteiger partial charge in [0, 0.05) is 0 Å². The fraction of sp³-hybridized carbons (Fsp3) is 0.233. The summed E-state index contributed by atoms with van der Waals surface area (Å²) in [6.07, 6.45) is 3.75. The van der Waals surface area contributed by atoms with E-state index in [2.05, 4.69) is 49.5 Å². The summed E-state index contributed by atoms with van der Waals surface area (Å²) in [6.45, 7) is -2.26. The van der Waals surface area contributed by atoms with Crippen molar-refractivity contribution in [1.82, 2.24) is 0 Å². The molecule has 3 aromatic carbocycles. The summed E-state index contributed by atoms with van der Waals surface area (Å²) in [5.74, 6) is -5.38. The van der Waals surface area contributed by atoms with Crippen molar-refractivity contribution in [3.05, 3.63) is 76.1 Å². The van der Waals surface area contributed by atoms with E-state index < -0.39 is 117 Å². The molecule has 0 amide bonds. The van der Waals surface area contributed by atoms with E-state index in [0.717, 1.165) is 18.2 Å². The Morgan fingerprint density at radius 3 is 2.05 bits per heavy atom. The molecule has 0 fully saturated rings. The number of ether oxygens (including phenoxy) is 1. The molecule has 30 heteroatoms. The molecule has 4 rings (SSSR count). The lowest BCUT2D eigenvalue weighted by atomic mass is 10.1. The van der Waals surface area contributed by atoms with Gasteiger partial charge in [-0.2, -0.15) is 32.2 Å². The van der Waals surface area contributed by atoms with Crippen molar-refractivity contribution in [2.45, 2.75) is 10.9 Å². The third-order valence-electron chi connectivity index (χ3n) is 7.42. The number of aromatic carboxylic acids is 1. The summed E-state index contributed by atoms with van der Waals surface area (Å²) in [7, 11) is -16.9. The van der Waals surface area contributed by atoms with E-state index in [0.29, 0.717) is 6.07 Å². The first-order valence-electron chi connectivity index (χ1n) is 16.0. The van der Waals surface area contributed by atoms with E-state index in [1.807, 2.05) is 0 Å². The summed E-state index contributed by atoms with van der Waals surface area (Å²) in [6, 6.07) is 6.80. The second-order valence-corrected chi connectivity index (χ2v) is 17.9. The largest absolute Gasteiger partial charge is 0.505 e. The number of hydrogen-bond acceptors (Lipinski definition) is 23. The van der Waals surface area contributed by atoms with Crippen LogP contribution in [0.2, 0.25) is 0 Å². The number of phenols is 2. The lowest BCUT2D eigenvalue weighted by Gasteiger charge is -2.10. The number of azo groups is 3. The van der Waals surface area contributed by atoms with Gasteiger partial charge in [0.05, 0.1) is 58.6 Å². The van der Waals surface area contributed by atoms with Crippen LogP contribution < -0.4 is 10.1 Å². The van der Waals surface area contributed by atoms with Crippen LogP contribution in [0.5, 0.6) is 17.2 Å². The van der Waals surface area contributed by atoms with Crippen molar-refractivity contribution in [3.63, 3.8) is 0 Å². The second kappa shape index (κ2) is 19.3. The Kier molecular flexibility index (Phi) is 15.0. The highest BCUT2D eigenvalue weighted by Crippen LogP contribution is 2.47. The Hall–Kier alpha value is -6.15. The van der Waals surface area contributed by atoms with Crippen molar-refractivity contribution in [3.8, 4) is 17.2 Å². The molecule has 1 unspecified atom stereocenters. The summed E-state index contributed by atoms with van der Waals surface area (Å²) in [5, 5.41) is 60.1. The number of carboxylic acid groups (broad SMARTS) is 1. The number of rotatable bonds is 21. The number of nitroso groups, excluding NO2 is 1. The van der Waals surface area contributed by atoms with Crippen LogP contribution in [0, 0.1) is 4.91 Å². The monoisotopic (exact) mass is 918 g/mol. The van der Waals surface area contributed by atoms with Gasteiger partial charge in [0.15, 0.2) is 31.1 Å². The number of carbonyl (C=O) groups is 1. The van der Waals surface area contributed by atoms with Crippen molar-refractivity contribution in [2.24, 2.45) is 35.9 Å². The maximum Gasteiger partial charge on any atom is 0.397 e. The van der Waals surface area contributed by atoms with E-state index >= 15 is 0 Å². The quantitative estimate of drug-likeness (QED) is 0.0486. The number of benzene rings is 3. The van der Waals surface area contributed by atoms with Crippen LogP contribution in [0.25, 0.3) is 0 Å². The standard InChI is InChI=1S/C30H30N8O18S4/c1-54-26-7-5-20(58(46,47)11-9-56-60(51,52)53)14-24(26)36-38-28-25(39)15-21(30(41)42)27(29(28)40)37-34-18-3-6-22(23(13-18)31-16-32-43)35-33-17-2-4-19(12-17)57(44,45)10-8-55-59(48,49)50/h2-7,12-15,17,31,39-40H,8-11,16H2,1H3,(H,41,42)(H,48,49,50)(H,51,52,53). The van der Waals surface area contributed by atoms with Gasteiger partial charge in [-0.1, -0.05) is 6.08 Å². The highest BCUT2D eigenvalue weighted by molar-refractivity contribution is 7.95. The molecule has 26 nitrogen and oxygen atoms in total. The zero-order chi connectivity index (χ0) is 44.5. The summed E-state index contributed by atoms with van der Waals surface area (Å²) < 4.78 is 124. The van der Waals surface area contributed by atoms with Gasteiger partial charge in [-0.3, -0.25) is 9.11 Å². The molecule has 1 atom stereocenters. The van der Waals surface area contributed by atoms with Crippen molar-refractivity contribution >= 4 is 80.6 Å². The molecule has 60 heavy (non-hydrogen) atoms. The van der Waals surface area contributed by atoms with Gasteiger partial charge in [0.1, 0.15) is 41.3 Å². The molecule has 1 aliphatic carbocycles. The fourth-order valence-corrected chi connectivity index (χ4v) is 7.77. The molecule has 0 aliphatic heterocycles. The van der Waals surface area contributed by atoms with Gasteiger partial charge >= 0.3 is 26.8 Å². The molecule has 1 aliphatic rings. The number of aromatic hydroxyl groups is 2. The minimum atomic E-state index is -4.92. The zero-order valence-electron chi connectivity index (χ0n) is 30.2. The third-order valence-corrected chi connectivity index (χ3v) is 11.7. The van der Waals surface area contributed by atoms with Crippen LogP contribution >= 0.6 is 0 Å². The van der Waals surface area contributed by atoms with Crippen LogP contribution in [0.4, 0.5) is 34.1 Å². The molecular formula is C30H30N8O18S4. The van der Waals surface area contributed by atoms with E-state index in [1.165, 1.54) is 43.5 Å². The first-order valence-corrected chi connectivity index (χ1v) is 22.1. The van der Waals surface area contributed by atoms with Gasteiger partial charge in [0.25, 0.3) is 0 Å². The average molecular weight is 919 g/mol. The zero-order valence-corrected chi connectivity index (χ0v) is 33.5. The van der Waals surface area contributed by atoms with Crippen LogP contribution in [-0.2, 0) is 48.8 Å². The molecule has 0 aromatic heterocycles. The summed E-state index contributed by atoms with van der Waals surface area (Å²) in [5.41, 5.74) is -2.45. The molecule has 6 N–H and O–H groups in total. The van der Waals surface area contributed by atoms with E-state index in [9.17, 15) is 58.7 Å². The molecule has 0 saturated carbocycles. The van der Waals surface area contributed by atoms with Crippen molar-refractivity contribution in [2.75, 3.05) is 43.8 Å². The van der Waals surface area contributed by atoms with Gasteiger partial charge in [-0.05, 0) is 59.8 Å². The Bertz CT molecular complexity index is 2770. The molecule has 0 saturated heterocycles. The highest BCUT2D eigenvalue weighted by Gasteiger charge is 2.24. The Morgan fingerprint density at radius 1 is 0.783 bits per heavy atom. The fourth-order valence-electron chi connectivity index (χ4n) is 4.70. The Balaban J connectivity index is 1.63. The normalized spacial score (nSPS) is 14.9. The Labute approximate surface area is 339 Å². The van der Waals surface area contributed by atoms with Crippen LogP contribution in [0.15, 0.2) is 106 Å². The maximum atomic E-state index is 12.7. The van der Waals surface area contributed by atoms with Crippen LogP contribution in [0.3, 0.4) is 0 Å². The van der Waals surface area contributed by atoms with Crippen molar-refractivity contribution in [1.29, 1.82) is 0 Å². The number of allylic oxidation sites excluding steroid dienone is 1. The van der Waals surface area contributed by atoms with E-state index in [1.54, 1.807) is 0 Å². The predicted molar refractivity (Wildman–Crippen MR) is 205 cm³/mol. The number of phenolic OH excluding ortho intramolecular Hbond substituents is 2. The lowest BCUT2D eigenvalue weighted by Crippen LogP contribution is -2.15. The number of nitrogens with one attached hydrogen (secondary N) is 1. The predicted octanol–water partition coefficient (Wildman–Crippen LogP) is 4.50. The average Bonchev–Trinajstić information content (AvgIpc) is 3.65. The summed E-state index contributed by atoms with van der Waals surface area (Å²) >= 11 is 0. The van der Waals surface area contributed by atoms with E-state index in [4.69, 9.17) is 13.8 Å². The molecule has 0 radical (unpaired) electrons. The molecular weight excluding hydrogens is 889 g/mol. The number of methoxy groups -OCH3 is 1. The van der Waals surface area contributed by atoms with Crippen molar-refractivity contribution < 1.29 is 76.0 Å². The molecule has 0 bridgehead atoms. The van der Waals surface area contributed by atoms with Gasteiger partial charge < -0.3 is 25.4 Å². The minimum Gasteiger partial charge on any atom is -0.505 e. The number of nitrogens with zero attached hydrogens (tertiary/aromatic N) is 7. The van der Waals surface area contributed by atoms with E-state index in [-0.39, 0.29) is 33.4 Å². The summed E-state index contributed by atoms with van der Waals surface area (Å²) in [4.78, 5) is 22.3. The number of sulfone groups is 2. The number of hydrogen-bond donors (Lipinski definition) is 6. The SMILES string of the molecule is COc1ccc(S(=O)(=O)CCOS(=O)(=O)O)cc1N=Nc1c(O)cc(C(=O)O)c(N=Nc2ccc(N=NC3C=CC(S(=O)(=O)CCOS(=O)(=O)O)=C3)c(NCN=O)c2)c1O. The Morgan fingerprint density at radius 2 is 1.43 bits per heavy atom. The van der Waals surface area contributed by atoms with Gasteiger partial charge in [-0.15, -0.1) is 20.2 Å². The number of carboxylic acids is 1. The maximum absolute atomic E-state index is 12.7. The molecule has 322 valence electrons. The van der Waals surface area contributed by atoms with Crippen LogP contribution in [-0.4, -0.2) is 109 Å². The molecule has 3 aromatic rings. The second-order valence-electron chi connectivity index (χ2n) is 11.5.